The Labute approximate surface area is 126 Å². The molecular formula is C17H14N2O3. The molecule has 0 radical (unpaired) electrons. The number of carbonyl (C=O) groups is 1. The molecule has 0 spiro atoms. The second-order valence-corrected chi connectivity index (χ2v) is 5.44. The minimum absolute atomic E-state index is 0.141. The summed E-state index contributed by atoms with van der Waals surface area (Å²) in [6.45, 7) is 2.10. The molecule has 1 aliphatic heterocycles. The number of aromatic nitrogens is 2. The molecule has 0 saturated carbocycles. The number of fused-ring (bicyclic) bond motifs is 2. The molecule has 1 atom stereocenters. The summed E-state index contributed by atoms with van der Waals surface area (Å²) in [5.74, 6) is -0.462. The van der Waals surface area contributed by atoms with Gasteiger partial charge in [-0.25, -0.2) is 9.59 Å². The summed E-state index contributed by atoms with van der Waals surface area (Å²) < 4.78 is 6.62. The molecule has 1 aliphatic rings. The van der Waals surface area contributed by atoms with Crippen LogP contribution in [0, 0.1) is 0 Å². The van der Waals surface area contributed by atoms with Crippen molar-refractivity contribution in [1.29, 1.82) is 0 Å². The van der Waals surface area contributed by atoms with Gasteiger partial charge in [-0.1, -0.05) is 42.5 Å². The van der Waals surface area contributed by atoms with Gasteiger partial charge in [-0.2, -0.15) is 0 Å². The number of aromatic amines is 1. The average molecular weight is 294 g/mol. The molecule has 110 valence electrons. The van der Waals surface area contributed by atoms with E-state index in [9.17, 15) is 9.59 Å². The Morgan fingerprint density at radius 3 is 2.77 bits per heavy atom. The number of cyclic esters (lactones) is 1. The van der Waals surface area contributed by atoms with Gasteiger partial charge in [-0.05, 0) is 23.3 Å². The quantitative estimate of drug-likeness (QED) is 0.739. The molecule has 0 unspecified atom stereocenters. The maximum Gasteiger partial charge on any atom is 0.357 e. The number of hydrogen-bond donors (Lipinski definition) is 1. The fraction of sp³-hybridized carbons (Fsp3) is 0.176. The van der Waals surface area contributed by atoms with Crippen molar-refractivity contribution in [2.45, 2.75) is 19.6 Å². The molecule has 2 aromatic carbocycles. The van der Waals surface area contributed by atoms with E-state index in [0.29, 0.717) is 5.69 Å². The number of benzene rings is 2. The lowest BCUT2D eigenvalue weighted by Gasteiger charge is -2.17. The van der Waals surface area contributed by atoms with Crippen LogP contribution in [0.5, 0.6) is 0 Å². The van der Waals surface area contributed by atoms with Crippen LogP contribution in [0.1, 0.15) is 34.7 Å². The highest BCUT2D eigenvalue weighted by atomic mass is 16.5. The zero-order chi connectivity index (χ0) is 15.3. The molecule has 1 N–H and O–H groups in total. The fourth-order valence-corrected chi connectivity index (χ4v) is 3.16. The van der Waals surface area contributed by atoms with E-state index in [0.717, 1.165) is 16.3 Å². The fourth-order valence-electron chi connectivity index (χ4n) is 3.16. The highest BCUT2D eigenvalue weighted by Crippen LogP contribution is 2.28. The van der Waals surface area contributed by atoms with E-state index in [1.807, 2.05) is 49.4 Å². The van der Waals surface area contributed by atoms with E-state index in [4.69, 9.17) is 4.74 Å². The summed E-state index contributed by atoms with van der Waals surface area (Å²) in [7, 11) is 0. The zero-order valence-corrected chi connectivity index (χ0v) is 12.0. The van der Waals surface area contributed by atoms with Gasteiger partial charge >= 0.3 is 11.7 Å². The number of imidazole rings is 1. The van der Waals surface area contributed by atoms with Gasteiger partial charge in [0.2, 0.25) is 0 Å². The van der Waals surface area contributed by atoms with Crippen molar-refractivity contribution in [2.24, 2.45) is 0 Å². The van der Waals surface area contributed by atoms with Crippen molar-refractivity contribution in [1.82, 2.24) is 9.55 Å². The van der Waals surface area contributed by atoms with Crippen molar-refractivity contribution in [2.75, 3.05) is 0 Å². The summed E-state index contributed by atoms with van der Waals surface area (Å²) in [6.07, 6.45) is 0. The largest absolute Gasteiger partial charge is 0.454 e. The van der Waals surface area contributed by atoms with E-state index in [1.165, 1.54) is 0 Å². The highest BCUT2D eigenvalue weighted by molar-refractivity contribution is 5.91. The molecule has 3 aromatic rings. The van der Waals surface area contributed by atoms with E-state index in [2.05, 4.69) is 4.98 Å². The Morgan fingerprint density at radius 2 is 1.91 bits per heavy atom. The predicted octanol–water partition coefficient (Wildman–Crippen LogP) is 2.61. The van der Waals surface area contributed by atoms with Crippen molar-refractivity contribution in [3.63, 3.8) is 0 Å². The molecule has 0 amide bonds. The van der Waals surface area contributed by atoms with Crippen molar-refractivity contribution in [3.05, 3.63) is 69.9 Å². The number of H-pyrrole nitrogens is 1. The first-order valence-electron chi connectivity index (χ1n) is 7.15. The van der Waals surface area contributed by atoms with Gasteiger partial charge in [0.15, 0.2) is 5.69 Å². The third-order valence-corrected chi connectivity index (χ3v) is 4.23. The summed E-state index contributed by atoms with van der Waals surface area (Å²) in [5, 5.41) is 2.23. The molecule has 0 fully saturated rings. The molecule has 2 heterocycles. The Kier molecular flexibility index (Phi) is 2.69. The van der Waals surface area contributed by atoms with E-state index in [-0.39, 0.29) is 24.0 Å². The topological polar surface area (TPSA) is 64.1 Å². The minimum Gasteiger partial charge on any atom is -0.454 e. The molecule has 0 saturated heterocycles. The molecule has 0 aliphatic carbocycles. The van der Waals surface area contributed by atoms with Crippen LogP contribution in [0.15, 0.2) is 47.3 Å². The Balaban J connectivity index is 1.92. The van der Waals surface area contributed by atoms with Crippen LogP contribution in [0.25, 0.3) is 10.8 Å². The summed E-state index contributed by atoms with van der Waals surface area (Å²) in [5.41, 5.74) is 1.66. The number of esters is 1. The van der Waals surface area contributed by atoms with Crippen molar-refractivity contribution < 1.29 is 9.53 Å². The molecule has 22 heavy (non-hydrogen) atoms. The van der Waals surface area contributed by atoms with Crippen LogP contribution >= 0.6 is 0 Å². The number of hydrogen-bond acceptors (Lipinski definition) is 3. The van der Waals surface area contributed by atoms with E-state index < -0.39 is 5.97 Å². The van der Waals surface area contributed by atoms with Crippen LogP contribution in [0.3, 0.4) is 0 Å². The molecule has 1 aromatic heterocycles. The molecular weight excluding hydrogens is 280 g/mol. The molecule has 4 rings (SSSR count). The smallest absolute Gasteiger partial charge is 0.357 e. The van der Waals surface area contributed by atoms with Gasteiger partial charge in [-0.3, -0.25) is 9.55 Å². The minimum atomic E-state index is -0.462. The van der Waals surface area contributed by atoms with E-state index in [1.54, 1.807) is 4.57 Å². The lowest BCUT2D eigenvalue weighted by molar-refractivity contribution is 0.0523. The number of nitrogens with zero attached hydrogens (tertiary/aromatic N) is 1. The molecule has 5 heteroatoms. The first-order chi connectivity index (χ1) is 10.7. The van der Waals surface area contributed by atoms with E-state index >= 15 is 0 Å². The highest BCUT2D eigenvalue weighted by Gasteiger charge is 2.30. The number of ether oxygens (including phenoxy) is 1. The molecule has 0 bridgehead atoms. The normalized spacial score (nSPS) is 14.9. The Bertz CT molecular complexity index is 947. The monoisotopic (exact) mass is 294 g/mol. The average Bonchev–Trinajstić information content (AvgIpc) is 3.05. The summed E-state index contributed by atoms with van der Waals surface area (Å²) >= 11 is 0. The van der Waals surface area contributed by atoms with Gasteiger partial charge in [-0.15, -0.1) is 0 Å². The van der Waals surface area contributed by atoms with Gasteiger partial charge in [0.1, 0.15) is 6.61 Å². The third-order valence-electron chi connectivity index (χ3n) is 4.23. The summed E-state index contributed by atoms with van der Waals surface area (Å²) in [6, 6.07) is 13.9. The zero-order valence-electron chi connectivity index (χ0n) is 12.0. The van der Waals surface area contributed by atoms with Crippen molar-refractivity contribution >= 4 is 16.7 Å². The maximum atomic E-state index is 12.2. The van der Waals surface area contributed by atoms with Crippen LogP contribution < -0.4 is 5.69 Å². The SMILES string of the molecule is C[C@H](c1cccc2ccccc12)n1c2c([nH]c1=O)C(=O)OC2. The Hall–Kier alpha value is -2.82. The lowest BCUT2D eigenvalue weighted by atomic mass is 9.99. The Morgan fingerprint density at radius 1 is 1.14 bits per heavy atom. The van der Waals surface area contributed by atoms with Crippen LogP contribution in [-0.4, -0.2) is 15.5 Å². The standard InChI is InChI=1S/C17H14N2O3/c1-10(12-8-4-6-11-5-2-3-7-13(11)12)19-14-9-22-16(20)15(14)18-17(19)21/h2-8,10H,9H2,1H3,(H,18,21)/t10-/m1/s1. The van der Waals surface area contributed by atoms with Gasteiger partial charge in [0.05, 0.1) is 11.7 Å². The number of carbonyl (C=O) groups excluding carboxylic acids is 1. The second-order valence-electron chi connectivity index (χ2n) is 5.44. The first-order valence-corrected chi connectivity index (χ1v) is 7.15. The maximum absolute atomic E-state index is 12.2. The van der Waals surface area contributed by atoms with Gasteiger partial charge < -0.3 is 4.74 Å². The number of rotatable bonds is 2. The number of nitrogens with one attached hydrogen (secondary N) is 1. The van der Waals surface area contributed by atoms with Crippen LogP contribution in [-0.2, 0) is 11.3 Å². The first kappa shape index (κ1) is 12.9. The third kappa shape index (κ3) is 1.72. The summed E-state index contributed by atoms with van der Waals surface area (Å²) in [4.78, 5) is 26.5. The van der Waals surface area contributed by atoms with Gasteiger partial charge in [0.25, 0.3) is 0 Å². The van der Waals surface area contributed by atoms with Crippen LogP contribution in [0.4, 0.5) is 0 Å². The lowest BCUT2D eigenvalue weighted by Crippen LogP contribution is -2.23. The predicted molar refractivity (Wildman–Crippen MR) is 81.9 cm³/mol. The van der Waals surface area contributed by atoms with Crippen LogP contribution in [0.2, 0.25) is 0 Å². The van der Waals surface area contributed by atoms with Crippen molar-refractivity contribution in [3.8, 4) is 0 Å². The second kappa shape index (κ2) is 4.59. The molecule has 5 nitrogen and oxygen atoms in total. The van der Waals surface area contributed by atoms with Gasteiger partial charge in [0, 0.05) is 0 Å².